The Morgan fingerprint density at radius 3 is 2.31 bits per heavy atom. The van der Waals surface area contributed by atoms with Gasteiger partial charge in [0.25, 0.3) is 5.91 Å². The summed E-state index contributed by atoms with van der Waals surface area (Å²) >= 11 is 1.39. The van der Waals surface area contributed by atoms with Crippen molar-refractivity contribution < 1.29 is 19.1 Å². The van der Waals surface area contributed by atoms with Crippen LogP contribution in [-0.2, 0) is 14.3 Å². The average molecular weight is 407 g/mol. The highest BCUT2D eigenvalue weighted by molar-refractivity contribution is 8.00. The van der Waals surface area contributed by atoms with Crippen LogP contribution in [0.4, 0.5) is 5.69 Å². The van der Waals surface area contributed by atoms with E-state index in [0.717, 1.165) is 10.5 Å². The molecule has 0 saturated carbocycles. The molecule has 0 radical (unpaired) electrons. The third kappa shape index (κ3) is 6.12. The first kappa shape index (κ1) is 20.5. The van der Waals surface area contributed by atoms with E-state index in [-0.39, 0.29) is 6.61 Å². The van der Waals surface area contributed by atoms with Gasteiger partial charge in [-0.3, -0.25) is 9.59 Å². The van der Waals surface area contributed by atoms with Crippen LogP contribution in [0.25, 0.3) is 0 Å². The predicted octanol–water partition coefficient (Wildman–Crippen LogP) is 4.71. The van der Waals surface area contributed by atoms with Crippen molar-refractivity contribution in [2.24, 2.45) is 0 Å². The molecule has 3 aromatic carbocycles. The van der Waals surface area contributed by atoms with Gasteiger partial charge >= 0.3 is 5.97 Å². The minimum Gasteiger partial charge on any atom is -0.497 e. The highest BCUT2D eigenvalue weighted by Gasteiger charge is 2.24. The second kappa shape index (κ2) is 10.3. The van der Waals surface area contributed by atoms with E-state index in [1.54, 1.807) is 31.4 Å². The van der Waals surface area contributed by atoms with Crippen molar-refractivity contribution in [2.75, 3.05) is 19.0 Å². The van der Waals surface area contributed by atoms with Crippen molar-refractivity contribution in [2.45, 2.75) is 10.1 Å². The molecule has 3 rings (SSSR count). The standard InChI is InChI=1S/C23H21NO4S/c1-27-19-12-8-11-18(15-19)24-21(25)16-28-23(26)22(17-9-4-2-5-10-17)29-20-13-6-3-7-14-20/h2-15,22H,16H2,1H3,(H,24,25)/t22-/m0/s1. The first-order valence-electron chi connectivity index (χ1n) is 9.03. The fraction of sp³-hybridized carbons (Fsp3) is 0.130. The van der Waals surface area contributed by atoms with E-state index in [1.807, 2.05) is 60.7 Å². The van der Waals surface area contributed by atoms with Gasteiger partial charge in [-0.2, -0.15) is 0 Å². The molecule has 0 unspecified atom stereocenters. The Morgan fingerprint density at radius 1 is 0.931 bits per heavy atom. The number of nitrogens with one attached hydrogen (secondary N) is 1. The Morgan fingerprint density at radius 2 is 1.62 bits per heavy atom. The normalized spacial score (nSPS) is 11.3. The summed E-state index contributed by atoms with van der Waals surface area (Å²) in [7, 11) is 1.55. The van der Waals surface area contributed by atoms with Gasteiger partial charge in [-0.1, -0.05) is 54.6 Å². The monoisotopic (exact) mass is 407 g/mol. The molecule has 0 heterocycles. The second-order valence-electron chi connectivity index (χ2n) is 6.11. The average Bonchev–Trinajstić information content (AvgIpc) is 2.77. The number of anilines is 1. The lowest BCUT2D eigenvalue weighted by Crippen LogP contribution is -2.23. The van der Waals surface area contributed by atoms with Gasteiger partial charge in [0.2, 0.25) is 0 Å². The summed E-state index contributed by atoms with van der Waals surface area (Å²) in [5, 5.41) is 2.13. The van der Waals surface area contributed by atoms with E-state index in [0.29, 0.717) is 11.4 Å². The van der Waals surface area contributed by atoms with Crippen LogP contribution in [0.5, 0.6) is 5.75 Å². The molecule has 1 atom stereocenters. The molecule has 3 aromatic rings. The quantitative estimate of drug-likeness (QED) is 0.433. The number of benzene rings is 3. The van der Waals surface area contributed by atoms with Crippen LogP contribution in [0.1, 0.15) is 10.8 Å². The van der Waals surface area contributed by atoms with Crippen LogP contribution >= 0.6 is 11.8 Å². The maximum Gasteiger partial charge on any atom is 0.324 e. The third-order valence-corrected chi connectivity index (χ3v) is 5.26. The molecule has 148 valence electrons. The van der Waals surface area contributed by atoms with Crippen LogP contribution in [0.15, 0.2) is 89.8 Å². The van der Waals surface area contributed by atoms with Crippen molar-refractivity contribution >= 4 is 29.3 Å². The second-order valence-corrected chi connectivity index (χ2v) is 7.29. The number of hydrogen-bond donors (Lipinski definition) is 1. The highest BCUT2D eigenvalue weighted by atomic mass is 32.2. The van der Waals surface area contributed by atoms with Crippen LogP contribution in [0, 0.1) is 0 Å². The van der Waals surface area contributed by atoms with Crippen LogP contribution in [0.2, 0.25) is 0 Å². The molecule has 0 aliphatic rings. The van der Waals surface area contributed by atoms with Gasteiger partial charge < -0.3 is 14.8 Å². The molecule has 0 saturated heterocycles. The Kier molecular flexibility index (Phi) is 7.30. The first-order chi connectivity index (χ1) is 14.2. The summed E-state index contributed by atoms with van der Waals surface area (Å²) in [5.41, 5.74) is 1.39. The molecule has 29 heavy (non-hydrogen) atoms. The molecule has 0 fully saturated rings. The first-order valence-corrected chi connectivity index (χ1v) is 9.91. The number of esters is 1. The highest BCUT2D eigenvalue weighted by Crippen LogP contribution is 2.36. The minimum absolute atomic E-state index is 0.366. The maximum atomic E-state index is 12.8. The maximum absolute atomic E-state index is 12.8. The molecule has 0 spiro atoms. The van der Waals surface area contributed by atoms with E-state index in [2.05, 4.69) is 5.32 Å². The molecule has 0 aliphatic carbocycles. The lowest BCUT2D eigenvalue weighted by atomic mass is 10.1. The SMILES string of the molecule is COc1cccc(NC(=O)COC(=O)[C@@H](Sc2ccccc2)c2ccccc2)c1. The van der Waals surface area contributed by atoms with E-state index in [1.165, 1.54) is 11.8 Å². The molecule has 5 nitrogen and oxygen atoms in total. The molecule has 1 N–H and O–H groups in total. The number of carbonyl (C=O) groups is 2. The van der Waals surface area contributed by atoms with Crippen molar-refractivity contribution in [1.29, 1.82) is 0 Å². The Bertz CT molecular complexity index is 947. The van der Waals surface area contributed by atoms with Crippen LogP contribution < -0.4 is 10.1 Å². The Balaban J connectivity index is 1.64. The zero-order chi connectivity index (χ0) is 20.5. The van der Waals surface area contributed by atoms with Gasteiger partial charge in [0.15, 0.2) is 6.61 Å². The van der Waals surface area contributed by atoms with Crippen molar-refractivity contribution in [3.8, 4) is 5.75 Å². The van der Waals surface area contributed by atoms with Crippen LogP contribution in [-0.4, -0.2) is 25.6 Å². The molecular formula is C23H21NO4S. The summed E-state index contributed by atoms with van der Waals surface area (Å²) in [6.07, 6.45) is 0. The van der Waals surface area contributed by atoms with E-state index >= 15 is 0 Å². The van der Waals surface area contributed by atoms with Gasteiger partial charge in [0.05, 0.1) is 7.11 Å². The molecule has 0 aromatic heterocycles. The molecule has 0 aliphatic heterocycles. The summed E-state index contributed by atoms with van der Waals surface area (Å²) in [5.74, 6) is -0.253. The van der Waals surface area contributed by atoms with E-state index in [4.69, 9.17) is 9.47 Å². The number of methoxy groups -OCH3 is 1. The largest absolute Gasteiger partial charge is 0.497 e. The molecule has 1 amide bonds. The minimum atomic E-state index is -0.566. The summed E-state index contributed by atoms with van der Waals surface area (Å²) in [6, 6.07) is 26.0. The van der Waals surface area contributed by atoms with Gasteiger partial charge in [0.1, 0.15) is 11.0 Å². The zero-order valence-electron chi connectivity index (χ0n) is 15.9. The molecule has 6 heteroatoms. The van der Waals surface area contributed by atoms with E-state index < -0.39 is 17.1 Å². The number of thioether (sulfide) groups is 1. The van der Waals surface area contributed by atoms with Crippen LogP contribution in [0.3, 0.4) is 0 Å². The summed E-state index contributed by atoms with van der Waals surface area (Å²) in [4.78, 5) is 25.9. The van der Waals surface area contributed by atoms with Gasteiger partial charge in [-0.05, 0) is 29.8 Å². The fourth-order valence-corrected chi connectivity index (χ4v) is 3.67. The molecular weight excluding hydrogens is 386 g/mol. The smallest absolute Gasteiger partial charge is 0.324 e. The topological polar surface area (TPSA) is 64.6 Å². The number of carbonyl (C=O) groups excluding carboxylic acids is 2. The third-order valence-electron chi connectivity index (χ3n) is 4.01. The number of amides is 1. The van der Waals surface area contributed by atoms with Crippen molar-refractivity contribution in [3.05, 3.63) is 90.5 Å². The van der Waals surface area contributed by atoms with Gasteiger partial charge in [-0.25, -0.2) is 0 Å². The Hall–Kier alpha value is -3.25. The van der Waals surface area contributed by atoms with Gasteiger partial charge in [-0.15, -0.1) is 11.8 Å². The number of ether oxygens (including phenoxy) is 2. The summed E-state index contributed by atoms with van der Waals surface area (Å²) in [6.45, 7) is -0.366. The summed E-state index contributed by atoms with van der Waals surface area (Å²) < 4.78 is 10.5. The van der Waals surface area contributed by atoms with Crippen molar-refractivity contribution in [3.63, 3.8) is 0 Å². The van der Waals surface area contributed by atoms with Gasteiger partial charge in [0, 0.05) is 16.6 Å². The Labute approximate surface area is 174 Å². The molecule has 0 bridgehead atoms. The number of rotatable bonds is 8. The predicted molar refractivity (Wildman–Crippen MR) is 114 cm³/mol. The van der Waals surface area contributed by atoms with E-state index in [9.17, 15) is 9.59 Å². The lowest BCUT2D eigenvalue weighted by Gasteiger charge is -2.16. The lowest BCUT2D eigenvalue weighted by molar-refractivity contribution is -0.146. The number of hydrogen-bond acceptors (Lipinski definition) is 5. The van der Waals surface area contributed by atoms with Crippen molar-refractivity contribution in [1.82, 2.24) is 0 Å². The fourth-order valence-electron chi connectivity index (χ4n) is 2.63. The zero-order valence-corrected chi connectivity index (χ0v) is 16.7.